The van der Waals surface area contributed by atoms with Crippen LogP contribution in [0, 0.1) is 0 Å². The fraction of sp³-hybridized carbons (Fsp3) is 0.355. The molecule has 5 nitrogen and oxygen atoms in total. The standard InChI is InChI=1S/C31H37NO4S/c1-31(2,3)36-30(34)32(21-25-13-7-4-8-14-25)20-19-28(23-35-22-26-15-9-5-10-16-26)37-24-29(33)27-17-11-6-12-18-27/h4-18,28H,19-24H2,1-3H3. The maximum Gasteiger partial charge on any atom is 0.410 e. The van der Waals surface area contributed by atoms with Crippen molar-refractivity contribution in [3.05, 3.63) is 108 Å². The van der Waals surface area contributed by atoms with E-state index >= 15 is 0 Å². The Morgan fingerprint density at radius 1 is 0.838 bits per heavy atom. The highest BCUT2D eigenvalue weighted by molar-refractivity contribution is 8.00. The third-order valence-corrected chi connectivity index (χ3v) is 6.82. The van der Waals surface area contributed by atoms with Crippen LogP contribution >= 0.6 is 11.8 Å². The Kier molecular flexibility index (Phi) is 11.2. The van der Waals surface area contributed by atoms with Gasteiger partial charge in [0.25, 0.3) is 0 Å². The van der Waals surface area contributed by atoms with E-state index in [-0.39, 0.29) is 17.1 Å². The van der Waals surface area contributed by atoms with Gasteiger partial charge in [-0.25, -0.2) is 4.79 Å². The van der Waals surface area contributed by atoms with Crippen LogP contribution in [0.2, 0.25) is 0 Å². The Hall–Kier alpha value is -3.09. The molecule has 0 N–H and O–H groups in total. The van der Waals surface area contributed by atoms with Crippen molar-refractivity contribution in [2.75, 3.05) is 18.9 Å². The molecule has 0 radical (unpaired) electrons. The highest BCUT2D eigenvalue weighted by atomic mass is 32.2. The average molecular weight is 520 g/mol. The highest BCUT2D eigenvalue weighted by Crippen LogP contribution is 2.21. The smallest absolute Gasteiger partial charge is 0.410 e. The number of hydrogen-bond acceptors (Lipinski definition) is 5. The van der Waals surface area contributed by atoms with Gasteiger partial charge in [0.15, 0.2) is 5.78 Å². The van der Waals surface area contributed by atoms with E-state index in [0.29, 0.717) is 44.0 Å². The van der Waals surface area contributed by atoms with Crippen molar-refractivity contribution in [3.63, 3.8) is 0 Å². The van der Waals surface area contributed by atoms with Gasteiger partial charge in [-0.05, 0) is 38.3 Å². The van der Waals surface area contributed by atoms with Crippen LogP contribution in [0.3, 0.4) is 0 Å². The molecule has 0 spiro atoms. The van der Waals surface area contributed by atoms with Gasteiger partial charge >= 0.3 is 6.09 Å². The Bertz CT molecular complexity index is 1080. The Labute approximate surface area is 225 Å². The van der Waals surface area contributed by atoms with Gasteiger partial charge in [-0.2, -0.15) is 0 Å². The van der Waals surface area contributed by atoms with Crippen molar-refractivity contribution in [1.82, 2.24) is 4.90 Å². The van der Waals surface area contributed by atoms with Gasteiger partial charge < -0.3 is 14.4 Å². The van der Waals surface area contributed by atoms with Gasteiger partial charge in [0.05, 0.1) is 19.0 Å². The molecular formula is C31H37NO4S. The molecular weight excluding hydrogens is 482 g/mol. The second-order valence-electron chi connectivity index (χ2n) is 9.90. The van der Waals surface area contributed by atoms with E-state index in [1.807, 2.05) is 112 Å². The minimum atomic E-state index is -0.582. The lowest BCUT2D eigenvalue weighted by Gasteiger charge is -2.29. The molecule has 0 aromatic heterocycles. The Morgan fingerprint density at radius 2 is 1.41 bits per heavy atom. The third kappa shape index (κ3) is 10.8. The van der Waals surface area contributed by atoms with E-state index in [4.69, 9.17) is 9.47 Å². The number of thioether (sulfide) groups is 1. The van der Waals surface area contributed by atoms with Crippen molar-refractivity contribution in [3.8, 4) is 0 Å². The van der Waals surface area contributed by atoms with Crippen molar-refractivity contribution in [2.45, 2.75) is 51.2 Å². The van der Waals surface area contributed by atoms with Gasteiger partial charge in [-0.1, -0.05) is 91.0 Å². The SMILES string of the molecule is CC(C)(C)OC(=O)N(CCC(COCc1ccccc1)SCC(=O)c1ccccc1)Cc1ccccc1. The molecule has 0 aliphatic carbocycles. The summed E-state index contributed by atoms with van der Waals surface area (Å²) in [5.74, 6) is 0.445. The number of benzene rings is 3. The molecule has 1 amide bonds. The van der Waals surface area contributed by atoms with Crippen molar-refractivity contribution in [1.29, 1.82) is 0 Å². The van der Waals surface area contributed by atoms with Crippen molar-refractivity contribution < 1.29 is 19.1 Å². The first kappa shape index (κ1) is 28.5. The van der Waals surface area contributed by atoms with Crippen molar-refractivity contribution in [2.24, 2.45) is 0 Å². The summed E-state index contributed by atoms with van der Waals surface area (Å²) in [6.07, 6.45) is 0.332. The third-order valence-electron chi connectivity index (χ3n) is 5.55. The molecule has 3 aromatic rings. The zero-order chi connectivity index (χ0) is 26.5. The summed E-state index contributed by atoms with van der Waals surface area (Å²) >= 11 is 1.58. The second kappa shape index (κ2) is 14.6. The van der Waals surface area contributed by atoms with Crippen LogP contribution in [0.25, 0.3) is 0 Å². The molecule has 1 unspecified atom stereocenters. The lowest BCUT2D eigenvalue weighted by molar-refractivity contribution is 0.0225. The number of amides is 1. The maximum absolute atomic E-state index is 13.0. The van der Waals surface area contributed by atoms with Crippen molar-refractivity contribution >= 4 is 23.6 Å². The largest absolute Gasteiger partial charge is 0.444 e. The first-order valence-electron chi connectivity index (χ1n) is 12.6. The highest BCUT2D eigenvalue weighted by Gasteiger charge is 2.24. The Morgan fingerprint density at radius 3 is 2.00 bits per heavy atom. The number of rotatable bonds is 13. The number of carbonyl (C=O) groups excluding carboxylic acids is 2. The fourth-order valence-corrected chi connectivity index (χ4v) is 4.68. The molecule has 0 aliphatic heterocycles. The molecule has 6 heteroatoms. The monoisotopic (exact) mass is 519 g/mol. The lowest BCUT2D eigenvalue weighted by atomic mass is 10.2. The molecule has 0 fully saturated rings. The van der Waals surface area contributed by atoms with Crippen LogP contribution in [-0.2, 0) is 22.6 Å². The van der Waals surface area contributed by atoms with Crippen LogP contribution in [0.5, 0.6) is 0 Å². The van der Waals surface area contributed by atoms with E-state index < -0.39 is 5.60 Å². The zero-order valence-electron chi connectivity index (χ0n) is 22.0. The number of carbonyl (C=O) groups is 2. The van der Waals surface area contributed by atoms with E-state index in [2.05, 4.69) is 0 Å². The van der Waals surface area contributed by atoms with Crippen LogP contribution < -0.4 is 0 Å². The van der Waals surface area contributed by atoms with Crippen LogP contribution in [0.1, 0.15) is 48.7 Å². The molecule has 0 aliphatic rings. The summed E-state index contributed by atoms with van der Waals surface area (Å²) in [5.41, 5.74) is 2.27. The van der Waals surface area contributed by atoms with Crippen LogP contribution in [-0.4, -0.2) is 46.5 Å². The first-order valence-corrected chi connectivity index (χ1v) is 13.7. The summed E-state index contributed by atoms with van der Waals surface area (Å²) in [6.45, 7) is 7.56. The Balaban J connectivity index is 1.65. The van der Waals surface area contributed by atoms with E-state index in [1.54, 1.807) is 16.7 Å². The summed E-state index contributed by atoms with van der Waals surface area (Å²) in [5, 5.41) is 0.0390. The van der Waals surface area contributed by atoms with Crippen LogP contribution in [0.15, 0.2) is 91.0 Å². The lowest BCUT2D eigenvalue weighted by Crippen LogP contribution is -2.38. The minimum absolute atomic E-state index is 0.0390. The molecule has 3 aromatic carbocycles. The van der Waals surface area contributed by atoms with Gasteiger partial charge in [0.1, 0.15) is 5.60 Å². The van der Waals surface area contributed by atoms with Gasteiger partial charge in [0, 0.05) is 23.9 Å². The fourth-order valence-electron chi connectivity index (χ4n) is 3.66. The average Bonchev–Trinajstić information content (AvgIpc) is 2.89. The number of hydrogen-bond donors (Lipinski definition) is 0. The molecule has 1 atom stereocenters. The molecule has 3 rings (SSSR count). The molecule has 0 saturated carbocycles. The predicted octanol–water partition coefficient (Wildman–Crippen LogP) is 7.02. The summed E-state index contributed by atoms with van der Waals surface area (Å²) in [7, 11) is 0. The first-order chi connectivity index (χ1) is 17.8. The number of ketones is 1. The quantitative estimate of drug-likeness (QED) is 0.227. The number of ether oxygens (including phenoxy) is 2. The topological polar surface area (TPSA) is 55.8 Å². The summed E-state index contributed by atoms with van der Waals surface area (Å²) in [6, 6.07) is 29.3. The summed E-state index contributed by atoms with van der Waals surface area (Å²) < 4.78 is 11.7. The molecule has 196 valence electrons. The summed E-state index contributed by atoms with van der Waals surface area (Å²) in [4.78, 5) is 27.5. The van der Waals surface area contributed by atoms with Gasteiger partial charge in [-0.3, -0.25) is 4.79 Å². The minimum Gasteiger partial charge on any atom is -0.444 e. The number of nitrogens with zero attached hydrogens (tertiary/aromatic N) is 1. The van der Waals surface area contributed by atoms with Gasteiger partial charge in [0.2, 0.25) is 0 Å². The van der Waals surface area contributed by atoms with Gasteiger partial charge in [-0.15, -0.1) is 11.8 Å². The molecule has 0 heterocycles. The normalized spacial score (nSPS) is 12.1. The molecule has 0 saturated heterocycles. The zero-order valence-corrected chi connectivity index (χ0v) is 22.8. The van der Waals surface area contributed by atoms with E-state index in [1.165, 1.54) is 0 Å². The number of Topliss-reactive ketones (excluding diaryl/α,β-unsaturated/α-hetero) is 1. The molecule has 37 heavy (non-hydrogen) atoms. The van der Waals surface area contributed by atoms with E-state index in [0.717, 1.165) is 11.1 Å². The van der Waals surface area contributed by atoms with Crippen LogP contribution in [0.4, 0.5) is 4.79 Å². The second-order valence-corrected chi connectivity index (χ2v) is 11.2. The maximum atomic E-state index is 13.0. The van der Waals surface area contributed by atoms with E-state index in [9.17, 15) is 9.59 Å². The molecule has 0 bridgehead atoms. The predicted molar refractivity (Wildman–Crippen MR) is 151 cm³/mol.